The lowest BCUT2D eigenvalue weighted by atomic mass is 10.1. The third-order valence-electron chi connectivity index (χ3n) is 3.40. The summed E-state index contributed by atoms with van der Waals surface area (Å²) < 4.78 is 16.5. The van der Waals surface area contributed by atoms with E-state index < -0.39 is 5.97 Å². The lowest BCUT2D eigenvalue weighted by Gasteiger charge is -2.22. The van der Waals surface area contributed by atoms with Gasteiger partial charge in [0.15, 0.2) is 0 Å². The smallest absolute Gasteiger partial charge is 0.307 e. The molecule has 2 heterocycles. The molecule has 0 radical (unpaired) electrons. The lowest BCUT2D eigenvalue weighted by Crippen LogP contribution is -2.33. The largest absolute Gasteiger partial charge is 0.489 e. The number of pyridine rings is 1. The van der Waals surface area contributed by atoms with Crippen LogP contribution in [0.3, 0.4) is 0 Å². The summed E-state index contributed by atoms with van der Waals surface area (Å²) >= 11 is 0. The van der Waals surface area contributed by atoms with E-state index in [0.717, 1.165) is 16.5 Å². The highest BCUT2D eigenvalue weighted by Crippen LogP contribution is 2.20. The van der Waals surface area contributed by atoms with Gasteiger partial charge in [0.25, 0.3) is 0 Å². The number of ether oxygens (including phenoxy) is 3. The highest BCUT2D eigenvalue weighted by atomic mass is 16.6. The van der Waals surface area contributed by atoms with Gasteiger partial charge in [0.2, 0.25) is 0 Å². The number of carbonyl (C=O) groups is 1. The molecular formula is C16H17NO5. The van der Waals surface area contributed by atoms with Gasteiger partial charge in [-0.2, -0.15) is 0 Å². The standard InChI is InChI=1S/C16H17NO5/c18-16(19)6-11-1-2-15-12(5-11)7-13(8-17-15)22-10-14-9-20-3-4-21-14/h1-2,5,7-8,14H,3-4,6,9-10H2,(H,18,19). The molecule has 1 aliphatic rings. The molecule has 1 fully saturated rings. The van der Waals surface area contributed by atoms with Crippen molar-refractivity contribution in [1.82, 2.24) is 4.98 Å². The molecule has 1 aromatic carbocycles. The maximum Gasteiger partial charge on any atom is 0.307 e. The SMILES string of the molecule is O=C(O)Cc1ccc2ncc(OCC3COCCO3)cc2c1. The third-order valence-corrected chi connectivity index (χ3v) is 3.40. The van der Waals surface area contributed by atoms with Gasteiger partial charge in [0, 0.05) is 5.39 Å². The zero-order valence-electron chi connectivity index (χ0n) is 12.0. The first kappa shape index (κ1) is 14.7. The summed E-state index contributed by atoms with van der Waals surface area (Å²) in [5, 5.41) is 9.71. The number of hydrogen-bond acceptors (Lipinski definition) is 5. The van der Waals surface area contributed by atoms with Crippen molar-refractivity contribution in [2.24, 2.45) is 0 Å². The van der Waals surface area contributed by atoms with Gasteiger partial charge in [0.1, 0.15) is 18.5 Å². The van der Waals surface area contributed by atoms with Crippen LogP contribution in [0.5, 0.6) is 5.75 Å². The Balaban J connectivity index is 1.71. The molecule has 2 aromatic rings. The first-order valence-electron chi connectivity index (χ1n) is 7.13. The highest BCUT2D eigenvalue weighted by Gasteiger charge is 2.15. The molecule has 6 nitrogen and oxygen atoms in total. The Kier molecular flexibility index (Phi) is 4.50. The normalized spacial score (nSPS) is 18.3. The molecule has 1 N–H and O–H groups in total. The van der Waals surface area contributed by atoms with E-state index in [1.807, 2.05) is 18.2 Å². The average Bonchev–Trinajstić information content (AvgIpc) is 2.53. The zero-order valence-corrected chi connectivity index (χ0v) is 12.0. The van der Waals surface area contributed by atoms with E-state index in [0.29, 0.717) is 32.2 Å². The summed E-state index contributed by atoms with van der Waals surface area (Å²) in [5.74, 6) is -0.219. The summed E-state index contributed by atoms with van der Waals surface area (Å²) in [6.45, 7) is 2.15. The predicted octanol–water partition coefficient (Wildman–Crippen LogP) is 1.66. The molecule has 1 aliphatic heterocycles. The van der Waals surface area contributed by atoms with Crippen LogP contribution in [0.15, 0.2) is 30.5 Å². The molecule has 3 rings (SSSR count). The van der Waals surface area contributed by atoms with E-state index in [1.54, 1.807) is 12.3 Å². The highest BCUT2D eigenvalue weighted by molar-refractivity contribution is 5.82. The maximum atomic E-state index is 10.8. The number of carboxylic acids is 1. The van der Waals surface area contributed by atoms with Crippen molar-refractivity contribution in [3.05, 3.63) is 36.0 Å². The minimum Gasteiger partial charge on any atom is -0.489 e. The Bertz CT molecular complexity index is 667. The molecule has 22 heavy (non-hydrogen) atoms. The van der Waals surface area contributed by atoms with Crippen LogP contribution in [-0.4, -0.2) is 48.6 Å². The van der Waals surface area contributed by atoms with Crippen molar-refractivity contribution in [2.75, 3.05) is 26.4 Å². The van der Waals surface area contributed by atoms with Crippen LogP contribution in [0.1, 0.15) is 5.56 Å². The van der Waals surface area contributed by atoms with Crippen molar-refractivity contribution in [3.8, 4) is 5.75 Å². The number of aromatic nitrogens is 1. The number of hydrogen-bond donors (Lipinski definition) is 1. The summed E-state index contributed by atoms with van der Waals surface area (Å²) in [4.78, 5) is 15.1. The van der Waals surface area contributed by atoms with Gasteiger partial charge < -0.3 is 19.3 Å². The number of carboxylic acid groups (broad SMARTS) is 1. The molecule has 1 saturated heterocycles. The van der Waals surface area contributed by atoms with Gasteiger partial charge in [-0.15, -0.1) is 0 Å². The monoisotopic (exact) mass is 303 g/mol. The van der Waals surface area contributed by atoms with Gasteiger partial charge >= 0.3 is 5.97 Å². The van der Waals surface area contributed by atoms with E-state index in [1.165, 1.54) is 0 Å². The Morgan fingerprint density at radius 3 is 3.05 bits per heavy atom. The Hall–Kier alpha value is -2.18. The molecular weight excluding hydrogens is 286 g/mol. The van der Waals surface area contributed by atoms with Crippen molar-refractivity contribution in [3.63, 3.8) is 0 Å². The van der Waals surface area contributed by atoms with Crippen molar-refractivity contribution in [2.45, 2.75) is 12.5 Å². The van der Waals surface area contributed by atoms with Gasteiger partial charge in [-0.3, -0.25) is 9.78 Å². The van der Waals surface area contributed by atoms with Crippen LogP contribution in [-0.2, 0) is 20.7 Å². The van der Waals surface area contributed by atoms with Gasteiger partial charge in [-0.1, -0.05) is 6.07 Å². The maximum absolute atomic E-state index is 10.8. The van der Waals surface area contributed by atoms with Crippen LogP contribution < -0.4 is 4.74 Å². The summed E-state index contributed by atoms with van der Waals surface area (Å²) in [5.41, 5.74) is 1.54. The molecule has 116 valence electrons. The molecule has 1 unspecified atom stereocenters. The summed E-state index contributed by atoms with van der Waals surface area (Å²) in [6, 6.07) is 7.27. The second-order valence-electron chi connectivity index (χ2n) is 5.15. The number of aliphatic carboxylic acids is 1. The molecule has 0 bridgehead atoms. The number of fused-ring (bicyclic) bond motifs is 1. The molecule has 1 aromatic heterocycles. The Labute approximate surface area is 127 Å². The topological polar surface area (TPSA) is 77.9 Å². The quantitative estimate of drug-likeness (QED) is 0.905. The van der Waals surface area contributed by atoms with Crippen LogP contribution in [0.2, 0.25) is 0 Å². The molecule has 0 saturated carbocycles. The number of nitrogens with zero attached hydrogens (tertiary/aromatic N) is 1. The molecule has 0 spiro atoms. The van der Waals surface area contributed by atoms with Crippen LogP contribution in [0, 0.1) is 0 Å². The Morgan fingerprint density at radius 2 is 2.27 bits per heavy atom. The van der Waals surface area contributed by atoms with Crippen molar-refractivity contribution in [1.29, 1.82) is 0 Å². The fourth-order valence-corrected chi connectivity index (χ4v) is 2.35. The van der Waals surface area contributed by atoms with E-state index >= 15 is 0 Å². The summed E-state index contributed by atoms with van der Waals surface area (Å²) in [6.07, 6.45) is 1.58. The van der Waals surface area contributed by atoms with Crippen LogP contribution >= 0.6 is 0 Å². The van der Waals surface area contributed by atoms with Gasteiger partial charge in [0.05, 0.1) is 38.0 Å². The zero-order chi connectivity index (χ0) is 15.4. The van der Waals surface area contributed by atoms with Crippen LogP contribution in [0.25, 0.3) is 10.9 Å². The fourth-order valence-electron chi connectivity index (χ4n) is 2.35. The molecule has 0 amide bonds. The van der Waals surface area contributed by atoms with E-state index in [9.17, 15) is 4.79 Å². The first-order chi connectivity index (χ1) is 10.7. The molecule has 0 aliphatic carbocycles. The fraction of sp³-hybridized carbons (Fsp3) is 0.375. The van der Waals surface area contributed by atoms with Gasteiger partial charge in [-0.25, -0.2) is 0 Å². The van der Waals surface area contributed by atoms with Crippen molar-refractivity contribution >= 4 is 16.9 Å². The second kappa shape index (κ2) is 6.72. The number of benzene rings is 1. The summed E-state index contributed by atoms with van der Waals surface area (Å²) in [7, 11) is 0. The lowest BCUT2D eigenvalue weighted by molar-refractivity contribution is -0.136. The predicted molar refractivity (Wildman–Crippen MR) is 79.1 cm³/mol. The number of rotatable bonds is 5. The molecule has 6 heteroatoms. The first-order valence-corrected chi connectivity index (χ1v) is 7.13. The van der Waals surface area contributed by atoms with E-state index in [4.69, 9.17) is 19.3 Å². The average molecular weight is 303 g/mol. The van der Waals surface area contributed by atoms with E-state index in [2.05, 4.69) is 4.98 Å². The Morgan fingerprint density at radius 1 is 1.36 bits per heavy atom. The van der Waals surface area contributed by atoms with Gasteiger partial charge in [-0.05, 0) is 23.8 Å². The third kappa shape index (κ3) is 3.72. The molecule has 1 atom stereocenters. The second-order valence-corrected chi connectivity index (χ2v) is 5.15. The van der Waals surface area contributed by atoms with Crippen LogP contribution in [0.4, 0.5) is 0 Å². The van der Waals surface area contributed by atoms with E-state index in [-0.39, 0.29) is 12.5 Å². The van der Waals surface area contributed by atoms with Crippen molar-refractivity contribution < 1.29 is 24.1 Å². The minimum absolute atomic E-state index is 0.00568. The minimum atomic E-state index is -0.853.